The standard InChI is InChI=1S/C23H13ClFI2NO3S/c24-15-5-7-16(8-6-15)28-22(29)20(32-23(28)30)11-13-9-18(26)21(19(27)10-13)31-12-14-3-1-2-4-17(14)25/h1-11H,12H2/b20-11+. The molecule has 0 saturated carbocycles. The molecule has 1 fully saturated rings. The Morgan fingerprint density at radius 2 is 1.69 bits per heavy atom. The van der Waals surface area contributed by atoms with Crippen LogP contribution in [0.3, 0.4) is 0 Å². The van der Waals surface area contributed by atoms with Gasteiger partial charge >= 0.3 is 0 Å². The highest BCUT2D eigenvalue weighted by molar-refractivity contribution is 14.1. The van der Waals surface area contributed by atoms with Crippen LogP contribution in [0.1, 0.15) is 11.1 Å². The summed E-state index contributed by atoms with van der Waals surface area (Å²) in [6, 6.07) is 16.7. The Morgan fingerprint density at radius 1 is 1.03 bits per heavy atom. The lowest BCUT2D eigenvalue weighted by Crippen LogP contribution is -2.27. The third kappa shape index (κ3) is 5.13. The summed E-state index contributed by atoms with van der Waals surface area (Å²) in [6.45, 7) is 0.109. The predicted molar refractivity (Wildman–Crippen MR) is 143 cm³/mol. The van der Waals surface area contributed by atoms with Crippen molar-refractivity contribution in [2.24, 2.45) is 0 Å². The van der Waals surface area contributed by atoms with Crippen molar-refractivity contribution in [2.45, 2.75) is 6.61 Å². The van der Waals surface area contributed by atoms with Crippen molar-refractivity contribution in [3.05, 3.63) is 94.7 Å². The molecule has 1 heterocycles. The van der Waals surface area contributed by atoms with E-state index in [-0.39, 0.29) is 23.6 Å². The molecule has 1 aliphatic heterocycles. The topological polar surface area (TPSA) is 46.6 Å². The van der Waals surface area contributed by atoms with Crippen LogP contribution in [-0.2, 0) is 11.4 Å². The first-order chi connectivity index (χ1) is 15.3. The third-order valence-electron chi connectivity index (χ3n) is 4.53. The third-order valence-corrected chi connectivity index (χ3v) is 7.25. The molecule has 3 aromatic rings. The fourth-order valence-electron chi connectivity index (χ4n) is 3.00. The van der Waals surface area contributed by atoms with Crippen molar-refractivity contribution in [1.82, 2.24) is 0 Å². The van der Waals surface area contributed by atoms with Crippen molar-refractivity contribution >= 4 is 91.5 Å². The smallest absolute Gasteiger partial charge is 0.298 e. The fraction of sp³-hybridized carbons (Fsp3) is 0.0435. The summed E-state index contributed by atoms with van der Waals surface area (Å²) < 4.78 is 21.4. The summed E-state index contributed by atoms with van der Waals surface area (Å²) in [5.74, 6) is -0.0568. The number of rotatable bonds is 5. The molecule has 1 aliphatic rings. The van der Waals surface area contributed by atoms with Crippen LogP contribution in [0.15, 0.2) is 65.6 Å². The number of carbonyl (C=O) groups excluding carboxylic acids is 2. The van der Waals surface area contributed by atoms with Gasteiger partial charge in [0.2, 0.25) is 0 Å². The van der Waals surface area contributed by atoms with E-state index in [1.54, 1.807) is 48.5 Å². The Balaban J connectivity index is 1.55. The van der Waals surface area contributed by atoms with Crippen LogP contribution >= 0.6 is 68.5 Å². The van der Waals surface area contributed by atoms with Gasteiger partial charge in [0.05, 0.1) is 17.7 Å². The van der Waals surface area contributed by atoms with Crippen LogP contribution in [0.5, 0.6) is 5.75 Å². The maximum Gasteiger partial charge on any atom is 0.298 e. The van der Waals surface area contributed by atoms with E-state index in [0.717, 1.165) is 29.4 Å². The van der Waals surface area contributed by atoms with E-state index >= 15 is 0 Å². The number of benzene rings is 3. The zero-order valence-electron chi connectivity index (χ0n) is 16.2. The molecule has 0 aromatic heterocycles. The maximum atomic E-state index is 13.9. The van der Waals surface area contributed by atoms with Gasteiger partial charge in [-0.3, -0.25) is 9.59 Å². The van der Waals surface area contributed by atoms with Gasteiger partial charge in [0, 0.05) is 10.6 Å². The minimum absolute atomic E-state index is 0.109. The van der Waals surface area contributed by atoms with Crippen LogP contribution in [0.4, 0.5) is 14.9 Å². The minimum Gasteiger partial charge on any atom is -0.487 e. The van der Waals surface area contributed by atoms with Crippen LogP contribution in [0.2, 0.25) is 5.02 Å². The SMILES string of the molecule is O=C1S/C(=C/c2cc(I)c(OCc3ccccc3F)c(I)c2)C(=O)N1c1ccc(Cl)cc1. The van der Waals surface area contributed by atoms with Gasteiger partial charge in [-0.25, -0.2) is 9.29 Å². The number of ether oxygens (including phenoxy) is 1. The summed E-state index contributed by atoms with van der Waals surface area (Å²) in [7, 11) is 0. The molecule has 9 heteroatoms. The molecule has 4 nitrogen and oxygen atoms in total. The Hall–Kier alpha value is -1.63. The van der Waals surface area contributed by atoms with Crippen molar-refractivity contribution in [2.75, 3.05) is 4.90 Å². The number of nitrogens with zero attached hydrogens (tertiary/aromatic N) is 1. The van der Waals surface area contributed by atoms with Gasteiger partial charge in [-0.05, 0) is 111 Å². The molecule has 2 amide bonds. The molecule has 0 radical (unpaired) electrons. The second kappa shape index (κ2) is 10.1. The highest BCUT2D eigenvalue weighted by atomic mass is 127. The quantitative estimate of drug-likeness (QED) is 0.205. The minimum atomic E-state index is -0.382. The Labute approximate surface area is 220 Å². The predicted octanol–water partition coefficient (Wildman–Crippen LogP) is 7.51. The Morgan fingerprint density at radius 3 is 2.34 bits per heavy atom. The molecular formula is C23H13ClFI2NO3S. The second-order valence-electron chi connectivity index (χ2n) is 6.69. The summed E-state index contributed by atoms with van der Waals surface area (Å²) in [4.78, 5) is 26.8. The zero-order valence-corrected chi connectivity index (χ0v) is 22.0. The van der Waals surface area contributed by atoms with E-state index < -0.39 is 0 Å². The fourth-order valence-corrected chi connectivity index (χ4v) is 6.09. The van der Waals surface area contributed by atoms with Gasteiger partial charge in [-0.2, -0.15) is 0 Å². The molecule has 32 heavy (non-hydrogen) atoms. The van der Waals surface area contributed by atoms with Crippen molar-refractivity contribution in [3.63, 3.8) is 0 Å². The number of hydrogen-bond acceptors (Lipinski definition) is 4. The first-order valence-electron chi connectivity index (χ1n) is 9.22. The van der Waals surface area contributed by atoms with Crippen molar-refractivity contribution in [3.8, 4) is 5.75 Å². The lowest BCUT2D eigenvalue weighted by Gasteiger charge is -2.13. The largest absolute Gasteiger partial charge is 0.487 e. The average Bonchev–Trinajstić information content (AvgIpc) is 3.02. The first-order valence-corrected chi connectivity index (χ1v) is 12.6. The van der Waals surface area contributed by atoms with Crippen LogP contribution < -0.4 is 9.64 Å². The number of halogens is 4. The molecule has 0 bridgehead atoms. The van der Waals surface area contributed by atoms with Gasteiger partial charge in [-0.15, -0.1) is 0 Å². The number of anilines is 1. The van der Waals surface area contributed by atoms with Gasteiger partial charge in [0.1, 0.15) is 18.2 Å². The summed E-state index contributed by atoms with van der Waals surface area (Å²) in [5.41, 5.74) is 1.71. The molecule has 0 spiro atoms. The summed E-state index contributed by atoms with van der Waals surface area (Å²) in [5, 5.41) is 0.163. The molecule has 0 atom stereocenters. The van der Waals surface area contributed by atoms with E-state index in [2.05, 4.69) is 45.2 Å². The van der Waals surface area contributed by atoms with Gasteiger partial charge in [0.25, 0.3) is 11.1 Å². The Kier molecular flexibility index (Phi) is 7.43. The number of carbonyl (C=O) groups is 2. The van der Waals surface area contributed by atoms with Gasteiger partial charge < -0.3 is 4.74 Å². The monoisotopic (exact) mass is 691 g/mol. The lowest BCUT2D eigenvalue weighted by molar-refractivity contribution is -0.113. The normalized spacial score (nSPS) is 15.0. The molecule has 0 unspecified atom stereocenters. The van der Waals surface area contributed by atoms with E-state index in [1.165, 1.54) is 6.07 Å². The maximum absolute atomic E-state index is 13.9. The highest BCUT2D eigenvalue weighted by Gasteiger charge is 2.36. The Bertz CT molecular complexity index is 1230. The van der Waals surface area contributed by atoms with E-state index in [0.29, 0.717) is 26.9 Å². The molecule has 0 aliphatic carbocycles. The highest BCUT2D eigenvalue weighted by Crippen LogP contribution is 2.37. The zero-order chi connectivity index (χ0) is 22.8. The number of thioether (sulfide) groups is 1. The molecule has 4 rings (SSSR count). The van der Waals surface area contributed by atoms with Gasteiger partial charge in [-0.1, -0.05) is 29.8 Å². The molecule has 1 saturated heterocycles. The average molecular weight is 692 g/mol. The van der Waals surface area contributed by atoms with Crippen LogP contribution in [0.25, 0.3) is 6.08 Å². The van der Waals surface area contributed by atoms with Gasteiger partial charge in [0.15, 0.2) is 0 Å². The molecule has 162 valence electrons. The summed E-state index contributed by atoms with van der Waals surface area (Å²) in [6.07, 6.45) is 1.69. The van der Waals surface area contributed by atoms with Crippen molar-refractivity contribution < 1.29 is 18.7 Å². The van der Waals surface area contributed by atoms with E-state index in [4.69, 9.17) is 16.3 Å². The molecule has 3 aromatic carbocycles. The number of hydrogen-bond donors (Lipinski definition) is 0. The van der Waals surface area contributed by atoms with Crippen molar-refractivity contribution in [1.29, 1.82) is 0 Å². The van der Waals surface area contributed by atoms with E-state index in [9.17, 15) is 14.0 Å². The number of imide groups is 1. The second-order valence-corrected chi connectivity index (χ2v) is 10.4. The van der Waals surface area contributed by atoms with Crippen LogP contribution in [0, 0.1) is 13.0 Å². The van der Waals surface area contributed by atoms with E-state index in [1.807, 2.05) is 12.1 Å². The first kappa shape index (κ1) is 23.5. The molecule has 0 N–H and O–H groups in total. The summed E-state index contributed by atoms with van der Waals surface area (Å²) >= 11 is 11.1. The van der Waals surface area contributed by atoms with Crippen LogP contribution in [-0.4, -0.2) is 11.1 Å². The lowest BCUT2D eigenvalue weighted by atomic mass is 10.2. The number of amides is 2. The molecular weight excluding hydrogens is 679 g/mol.